The van der Waals surface area contributed by atoms with Crippen LogP contribution in [0.2, 0.25) is 0 Å². The van der Waals surface area contributed by atoms with Gasteiger partial charge in [0.05, 0.1) is 19.8 Å². The van der Waals surface area contributed by atoms with Crippen LogP contribution in [-0.4, -0.2) is 62.0 Å². The van der Waals surface area contributed by atoms with Crippen LogP contribution < -0.4 is 9.47 Å². The molecule has 0 saturated carbocycles. The van der Waals surface area contributed by atoms with Crippen LogP contribution in [-0.2, 0) is 11.0 Å². The molecule has 1 saturated heterocycles. The van der Waals surface area contributed by atoms with Gasteiger partial charge < -0.3 is 19.3 Å². The highest BCUT2D eigenvalue weighted by atomic mass is 19.4. The van der Waals surface area contributed by atoms with Gasteiger partial charge in [-0.1, -0.05) is 12.1 Å². The van der Waals surface area contributed by atoms with E-state index in [1.165, 1.54) is 38.5 Å². The molecular weight excluding hydrogens is 425 g/mol. The van der Waals surface area contributed by atoms with Crippen molar-refractivity contribution < 1.29 is 32.2 Å². The molecule has 0 bridgehead atoms. The average Bonchev–Trinajstić information content (AvgIpc) is 2.81. The Morgan fingerprint density at radius 2 is 1.50 bits per heavy atom. The number of methoxy groups -OCH3 is 2. The Bertz CT molecular complexity index is 990. The fourth-order valence-electron chi connectivity index (χ4n) is 3.34. The van der Waals surface area contributed by atoms with Crippen LogP contribution in [0.15, 0.2) is 48.5 Å². The molecule has 1 aliphatic rings. The molecule has 2 aromatic carbocycles. The summed E-state index contributed by atoms with van der Waals surface area (Å²) in [6, 6.07) is 9.68. The van der Waals surface area contributed by atoms with E-state index < -0.39 is 11.7 Å². The summed E-state index contributed by atoms with van der Waals surface area (Å²) >= 11 is 0. The molecule has 32 heavy (non-hydrogen) atoms. The number of nitrogens with zero attached hydrogens (tertiary/aromatic N) is 2. The van der Waals surface area contributed by atoms with Gasteiger partial charge in [-0.2, -0.15) is 13.2 Å². The third-order valence-electron chi connectivity index (χ3n) is 5.11. The lowest BCUT2D eigenvalue weighted by Gasteiger charge is -2.34. The largest absolute Gasteiger partial charge is 0.497 e. The second-order valence-electron chi connectivity index (χ2n) is 7.18. The van der Waals surface area contributed by atoms with Gasteiger partial charge in [0.25, 0.3) is 5.91 Å². The molecule has 1 heterocycles. The maximum absolute atomic E-state index is 12.8. The van der Waals surface area contributed by atoms with Crippen LogP contribution in [0.3, 0.4) is 0 Å². The first kappa shape index (κ1) is 23.2. The summed E-state index contributed by atoms with van der Waals surface area (Å²) in [6.45, 7) is 1.31. The molecule has 0 radical (unpaired) electrons. The maximum Gasteiger partial charge on any atom is 0.416 e. The lowest BCUT2D eigenvalue weighted by molar-refractivity contribution is -0.137. The molecule has 3 rings (SSSR count). The first-order valence-electron chi connectivity index (χ1n) is 9.88. The Morgan fingerprint density at radius 3 is 2.06 bits per heavy atom. The van der Waals surface area contributed by atoms with Crippen LogP contribution >= 0.6 is 0 Å². The van der Waals surface area contributed by atoms with Crippen molar-refractivity contribution in [2.24, 2.45) is 0 Å². The van der Waals surface area contributed by atoms with Gasteiger partial charge in [-0.15, -0.1) is 0 Å². The fraction of sp³-hybridized carbons (Fsp3) is 0.304. The molecule has 170 valence electrons. The summed E-state index contributed by atoms with van der Waals surface area (Å²) < 4.78 is 48.9. The summed E-state index contributed by atoms with van der Waals surface area (Å²) in [7, 11) is 3.00. The molecule has 0 atom stereocenters. The molecule has 9 heteroatoms. The Hall–Kier alpha value is -3.49. The number of amides is 2. The second kappa shape index (κ2) is 9.76. The van der Waals surface area contributed by atoms with Crippen molar-refractivity contribution in [3.8, 4) is 11.5 Å². The smallest absolute Gasteiger partial charge is 0.416 e. The molecule has 0 aliphatic carbocycles. The summed E-state index contributed by atoms with van der Waals surface area (Å²) in [5, 5.41) is 0. The topological polar surface area (TPSA) is 59.1 Å². The van der Waals surface area contributed by atoms with Crippen molar-refractivity contribution >= 4 is 17.9 Å². The Balaban J connectivity index is 1.60. The van der Waals surface area contributed by atoms with Gasteiger partial charge in [-0.25, -0.2) is 0 Å². The zero-order chi connectivity index (χ0) is 23.3. The van der Waals surface area contributed by atoms with E-state index in [4.69, 9.17) is 9.47 Å². The number of rotatable bonds is 5. The Morgan fingerprint density at radius 1 is 0.906 bits per heavy atom. The quantitative estimate of drug-likeness (QED) is 0.655. The number of carbonyl (C=O) groups excluding carboxylic acids is 2. The minimum Gasteiger partial charge on any atom is -0.497 e. The molecule has 0 aromatic heterocycles. The van der Waals surface area contributed by atoms with Gasteiger partial charge in [0.2, 0.25) is 5.91 Å². The molecule has 1 aliphatic heterocycles. The Labute approximate surface area is 183 Å². The zero-order valence-electron chi connectivity index (χ0n) is 17.7. The minimum absolute atomic E-state index is 0.200. The van der Waals surface area contributed by atoms with Gasteiger partial charge >= 0.3 is 6.18 Å². The number of carbonyl (C=O) groups is 2. The van der Waals surface area contributed by atoms with Crippen LogP contribution in [0.25, 0.3) is 6.08 Å². The molecule has 2 aromatic rings. The van der Waals surface area contributed by atoms with Crippen LogP contribution in [0.4, 0.5) is 13.2 Å². The first-order chi connectivity index (χ1) is 15.2. The van der Waals surface area contributed by atoms with Crippen molar-refractivity contribution in [3.63, 3.8) is 0 Å². The minimum atomic E-state index is -4.44. The lowest BCUT2D eigenvalue weighted by atomic mass is 10.1. The van der Waals surface area contributed by atoms with Crippen molar-refractivity contribution in [3.05, 3.63) is 65.2 Å². The molecule has 2 amide bonds. The van der Waals surface area contributed by atoms with Gasteiger partial charge in [0.1, 0.15) is 11.5 Å². The van der Waals surface area contributed by atoms with Gasteiger partial charge in [0.15, 0.2) is 0 Å². The number of alkyl halides is 3. The molecule has 0 spiro atoms. The van der Waals surface area contributed by atoms with E-state index in [1.807, 2.05) is 0 Å². The van der Waals surface area contributed by atoms with E-state index in [0.717, 1.165) is 12.1 Å². The monoisotopic (exact) mass is 448 g/mol. The van der Waals surface area contributed by atoms with Crippen molar-refractivity contribution in [1.29, 1.82) is 0 Å². The van der Waals surface area contributed by atoms with E-state index in [9.17, 15) is 22.8 Å². The fourth-order valence-corrected chi connectivity index (χ4v) is 3.34. The maximum atomic E-state index is 12.8. The second-order valence-corrected chi connectivity index (χ2v) is 7.18. The molecule has 0 N–H and O–H groups in total. The van der Waals surface area contributed by atoms with Crippen molar-refractivity contribution in [2.75, 3.05) is 40.4 Å². The molecular formula is C23H23F3N2O4. The summed E-state index contributed by atoms with van der Waals surface area (Å²) in [6.07, 6.45) is -1.83. The van der Waals surface area contributed by atoms with E-state index in [-0.39, 0.29) is 17.4 Å². The highest BCUT2D eigenvalue weighted by Gasteiger charge is 2.30. The number of hydrogen-bond donors (Lipinski definition) is 0. The average molecular weight is 448 g/mol. The predicted molar refractivity (Wildman–Crippen MR) is 113 cm³/mol. The lowest BCUT2D eigenvalue weighted by Crippen LogP contribution is -2.50. The number of benzene rings is 2. The van der Waals surface area contributed by atoms with E-state index in [2.05, 4.69) is 0 Å². The van der Waals surface area contributed by atoms with Crippen molar-refractivity contribution in [1.82, 2.24) is 9.80 Å². The van der Waals surface area contributed by atoms with Gasteiger partial charge in [-0.3, -0.25) is 9.59 Å². The number of hydrogen-bond acceptors (Lipinski definition) is 4. The van der Waals surface area contributed by atoms with Gasteiger partial charge in [-0.05, 0) is 35.9 Å². The first-order valence-corrected chi connectivity index (χ1v) is 9.88. The van der Waals surface area contributed by atoms with Gasteiger partial charge in [0, 0.05) is 43.9 Å². The Kier molecular flexibility index (Phi) is 7.07. The van der Waals surface area contributed by atoms with E-state index >= 15 is 0 Å². The summed E-state index contributed by atoms with van der Waals surface area (Å²) in [5.41, 5.74) is -0.0622. The van der Waals surface area contributed by atoms with Crippen LogP contribution in [0, 0.1) is 0 Å². The van der Waals surface area contributed by atoms with E-state index in [1.54, 1.807) is 28.0 Å². The number of ether oxygens (including phenoxy) is 2. The SMILES string of the molecule is COc1cc(OC)cc(C(=O)N2CCN(C(=O)/C=C/c3cccc(C(F)(F)F)c3)CC2)c1. The van der Waals surface area contributed by atoms with Crippen LogP contribution in [0.5, 0.6) is 11.5 Å². The van der Waals surface area contributed by atoms with E-state index in [0.29, 0.717) is 43.2 Å². The van der Waals surface area contributed by atoms with Crippen molar-refractivity contribution in [2.45, 2.75) is 6.18 Å². The normalized spacial score (nSPS) is 14.5. The highest BCUT2D eigenvalue weighted by molar-refractivity contribution is 5.96. The number of halogens is 3. The number of piperazine rings is 1. The molecule has 1 fully saturated rings. The zero-order valence-corrected chi connectivity index (χ0v) is 17.7. The van der Waals surface area contributed by atoms with Crippen LogP contribution in [0.1, 0.15) is 21.5 Å². The third-order valence-corrected chi connectivity index (χ3v) is 5.11. The highest BCUT2D eigenvalue weighted by Crippen LogP contribution is 2.29. The summed E-state index contributed by atoms with van der Waals surface area (Å²) in [5.74, 6) is 0.480. The molecule has 0 unspecified atom stereocenters. The standard InChI is InChI=1S/C23H23F3N2O4/c1-31-19-13-17(14-20(15-19)32-2)22(30)28-10-8-27(9-11-28)21(29)7-6-16-4-3-5-18(12-16)23(24,25)26/h3-7,12-15H,8-11H2,1-2H3/b7-6+. The predicted octanol–water partition coefficient (Wildman–Crippen LogP) is 3.72. The molecule has 6 nitrogen and oxygen atoms in total. The third kappa shape index (κ3) is 5.60. The summed E-state index contributed by atoms with van der Waals surface area (Å²) in [4.78, 5) is 28.5.